The zero-order chi connectivity index (χ0) is 19.3. The van der Waals surface area contributed by atoms with Crippen LogP contribution in [0.5, 0.6) is 0 Å². The van der Waals surface area contributed by atoms with E-state index in [1.54, 1.807) is 0 Å². The van der Waals surface area contributed by atoms with Gasteiger partial charge < -0.3 is 0 Å². The van der Waals surface area contributed by atoms with Crippen LogP contribution in [0.25, 0.3) is 32.9 Å². The Hall–Kier alpha value is -3.45. The third kappa shape index (κ3) is 3.79. The molecule has 1 heteroatoms. The van der Waals surface area contributed by atoms with Crippen molar-refractivity contribution in [3.63, 3.8) is 0 Å². The van der Waals surface area contributed by atoms with Crippen LogP contribution >= 0.6 is 0 Å². The molecule has 5 rings (SSSR count). The van der Waals surface area contributed by atoms with Gasteiger partial charge in [0.05, 0.1) is 11.0 Å². The van der Waals surface area contributed by atoms with Gasteiger partial charge >= 0.3 is 0 Å². The summed E-state index contributed by atoms with van der Waals surface area (Å²) in [5, 5.41) is 2.47. The topological polar surface area (TPSA) is 12.9 Å². The summed E-state index contributed by atoms with van der Waals surface area (Å²) < 4.78 is 0. The molecule has 28 heavy (non-hydrogen) atoms. The average molecular weight is 361 g/mol. The van der Waals surface area contributed by atoms with Crippen LogP contribution in [0.2, 0.25) is 0 Å². The van der Waals surface area contributed by atoms with Crippen LogP contribution in [0.1, 0.15) is 11.1 Å². The van der Waals surface area contributed by atoms with Crippen LogP contribution in [0.15, 0.2) is 103 Å². The summed E-state index contributed by atoms with van der Waals surface area (Å²) in [6.07, 6.45) is 0. The predicted molar refractivity (Wildman–Crippen MR) is 121 cm³/mol. The van der Waals surface area contributed by atoms with Crippen LogP contribution in [0, 0.1) is 13.8 Å². The number of aromatic nitrogens is 1. The van der Waals surface area contributed by atoms with E-state index in [-0.39, 0.29) is 0 Å². The normalized spacial score (nSPS) is 10.5. The van der Waals surface area contributed by atoms with Gasteiger partial charge in [0, 0.05) is 10.8 Å². The number of nitrogens with zero attached hydrogens (tertiary/aromatic N) is 1. The number of pyridine rings is 1. The van der Waals surface area contributed by atoms with Crippen LogP contribution in [-0.4, -0.2) is 4.98 Å². The molecule has 0 saturated carbocycles. The standard InChI is InChI=1S/C15H13N.C12H10/c1-10-7-8-15-13(11(10)2)9-12-5-3-4-6-14(12)16-15;1-3-7-11(8-4-1)12-9-5-2-6-10-12/h3-9H,1-2H3;1-10H. The Balaban J connectivity index is 0.000000143. The maximum absolute atomic E-state index is 4.68. The summed E-state index contributed by atoms with van der Waals surface area (Å²) in [5.74, 6) is 0. The first kappa shape index (κ1) is 17.9. The van der Waals surface area contributed by atoms with E-state index in [1.807, 2.05) is 18.2 Å². The Kier molecular flexibility index (Phi) is 5.16. The smallest absolute Gasteiger partial charge is 0.0712 e. The molecule has 0 aliphatic heterocycles. The number of rotatable bonds is 1. The fraction of sp³-hybridized carbons (Fsp3) is 0.0741. The lowest BCUT2D eigenvalue weighted by molar-refractivity contribution is 1.36. The van der Waals surface area contributed by atoms with Crippen molar-refractivity contribution >= 4 is 21.8 Å². The van der Waals surface area contributed by atoms with Crippen molar-refractivity contribution in [2.45, 2.75) is 13.8 Å². The van der Waals surface area contributed by atoms with Crippen molar-refractivity contribution in [2.75, 3.05) is 0 Å². The van der Waals surface area contributed by atoms with Crippen LogP contribution in [0.3, 0.4) is 0 Å². The predicted octanol–water partition coefficient (Wildman–Crippen LogP) is 7.36. The molecule has 4 aromatic carbocycles. The molecule has 1 nitrogen and oxygen atoms in total. The molecular formula is C27H23N. The van der Waals surface area contributed by atoms with Crippen molar-refractivity contribution in [1.29, 1.82) is 0 Å². The quantitative estimate of drug-likeness (QED) is 0.284. The molecule has 5 aromatic rings. The molecule has 136 valence electrons. The first-order valence-electron chi connectivity index (χ1n) is 9.58. The third-order valence-electron chi connectivity index (χ3n) is 5.12. The van der Waals surface area contributed by atoms with Gasteiger partial charge in [-0.15, -0.1) is 0 Å². The second-order valence-electron chi connectivity index (χ2n) is 6.99. The Labute approximate surface area is 166 Å². The van der Waals surface area contributed by atoms with Crippen molar-refractivity contribution < 1.29 is 0 Å². The number of hydrogen-bond acceptors (Lipinski definition) is 1. The maximum atomic E-state index is 4.68. The van der Waals surface area contributed by atoms with E-state index in [9.17, 15) is 0 Å². The van der Waals surface area contributed by atoms with Gasteiger partial charge in [-0.2, -0.15) is 0 Å². The van der Waals surface area contributed by atoms with Crippen LogP contribution in [-0.2, 0) is 0 Å². The van der Waals surface area contributed by atoms with E-state index in [0.717, 1.165) is 11.0 Å². The summed E-state index contributed by atoms with van der Waals surface area (Å²) in [4.78, 5) is 4.68. The van der Waals surface area contributed by atoms with Gasteiger partial charge in [0.15, 0.2) is 0 Å². The minimum atomic E-state index is 1.07. The molecule has 0 atom stereocenters. The summed E-state index contributed by atoms with van der Waals surface area (Å²) in [5.41, 5.74) is 7.36. The Morgan fingerprint density at radius 1 is 0.536 bits per heavy atom. The Morgan fingerprint density at radius 3 is 1.75 bits per heavy atom. The SMILES string of the molecule is Cc1ccc2nc3ccccc3cc2c1C.c1ccc(-c2ccccc2)cc1. The van der Waals surface area contributed by atoms with E-state index in [4.69, 9.17) is 0 Å². The molecule has 0 bridgehead atoms. The second kappa shape index (κ2) is 8.06. The summed E-state index contributed by atoms with van der Waals surface area (Å²) in [7, 11) is 0. The molecule has 1 aromatic heterocycles. The summed E-state index contributed by atoms with van der Waals surface area (Å²) in [6, 6.07) is 35.5. The second-order valence-corrected chi connectivity index (χ2v) is 6.99. The van der Waals surface area contributed by atoms with Crippen molar-refractivity contribution in [1.82, 2.24) is 4.98 Å². The van der Waals surface area contributed by atoms with E-state index >= 15 is 0 Å². The summed E-state index contributed by atoms with van der Waals surface area (Å²) >= 11 is 0. The lowest BCUT2D eigenvalue weighted by Gasteiger charge is -2.06. The minimum absolute atomic E-state index is 1.07. The van der Waals surface area contributed by atoms with Gasteiger partial charge in [0.1, 0.15) is 0 Å². The molecule has 0 radical (unpaired) electrons. The monoisotopic (exact) mass is 361 g/mol. The zero-order valence-corrected chi connectivity index (χ0v) is 16.3. The molecule has 0 unspecified atom stereocenters. The van der Waals surface area contributed by atoms with Crippen LogP contribution < -0.4 is 0 Å². The Morgan fingerprint density at radius 2 is 1.11 bits per heavy atom. The van der Waals surface area contributed by atoms with Gasteiger partial charge in [0.2, 0.25) is 0 Å². The minimum Gasteiger partial charge on any atom is -0.248 e. The van der Waals surface area contributed by atoms with Gasteiger partial charge in [-0.05, 0) is 54.3 Å². The summed E-state index contributed by atoms with van der Waals surface area (Å²) in [6.45, 7) is 4.30. The van der Waals surface area contributed by atoms with E-state index in [1.165, 1.54) is 33.0 Å². The van der Waals surface area contributed by atoms with E-state index < -0.39 is 0 Å². The van der Waals surface area contributed by atoms with Gasteiger partial charge in [0.25, 0.3) is 0 Å². The highest BCUT2D eigenvalue weighted by molar-refractivity contribution is 5.94. The van der Waals surface area contributed by atoms with Gasteiger partial charge in [-0.25, -0.2) is 4.98 Å². The van der Waals surface area contributed by atoms with Crippen LogP contribution in [0.4, 0.5) is 0 Å². The number of para-hydroxylation sites is 1. The molecule has 0 amide bonds. The first-order valence-corrected chi connectivity index (χ1v) is 9.58. The van der Waals surface area contributed by atoms with E-state index in [2.05, 4.69) is 104 Å². The molecule has 0 fully saturated rings. The van der Waals surface area contributed by atoms with Crippen molar-refractivity contribution in [2.24, 2.45) is 0 Å². The van der Waals surface area contributed by atoms with Crippen molar-refractivity contribution in [3.8, 4) is 11.1 Å². The van der Waals surface area contributed by atoms with Crippen molar-refractivity contribution in [3.05, 3.63) is 114 Å². The lowest BCUT2D eigenvalue weighted by atomic mass is 10.0. The fourth-order valence-corrected chi connectivity index (χ4v) is 3.36. The zero-order valence-electron chi connectivity index (χ0n) is 16.3. The molecule has 0 spiro atoms. The number of hydrogen-bond donors (Lipinski definition) is 0. The molecule has 0 saturated heterocycles. The number of fused-ring (bicyclic) bond motifs is 2. The maximum Gasteiger partial charge on any atom is 0.0712 e. The number of benzene rings is 4. The average Bonchev–Trinajstić information content (AvgIpc) is 2.77. The molecule has 0 aliphatic carbocycles. The fourth-order valence-electron chi connectivity index (χ4n) is 3.36. The number of aryl methyl sites for hydroxylation is 2. The van der Waals surface area contributed by atoms with E-state index in [0.29, 0.717) is 0 Å². The first-order chi connectivity index (χ1) is 13.7. The molecular weight excluding hydrogens is 338 g/mol. The Bertz CT molecular complexity index is 1170. The van der Waals surface area contributed by atoms with Gasteiger partial charge in [-0.3, -0.25) is 0 Å². The lowest BCUT2D eigenvalue weighted by Crippen LogP contribution is -1.87. The molecule has 0 N–H and O–H groups in total. The molecule has 0 aliphatic rings. The third-order valence-corrected chi connectivity index (χ3v) is 5.12. The largest absolute Gasteiger partial charge is 0.248 e. The molecule has 1 heterocycles. The highest BCUT2D eigenvalue weighted by atomic mass is 14.7. The highest BCUT2D eigenvalue weighted by Crippen LogP contribution is 2.24. The highest BCUT2D eigenvalue weighted by Gasteiger charge is 2.03. The van der Waals surface area contributed by atoms with Gasteiger partial charge in [-0.1, -0.05) is 84.9 Å².